The Morgan fingerprint density at radius 3 is 2.50 bits per heavy atom. The van der Waals surface area contributed by atoms with Crippen molar-refractivity contribution in [2.45, 2.75) is 32.9 Å². The van der Waals surface area contributed by atoms with Gasteiger partial charge in [0.15, 0.2) is 0 Å². The summed E-state index contributed by atoms with van der Waals surface area (Å²) >= 11 is 6.28. The fourth-order valence-corrected chi connectivity index (χ4v) is 2.30. The van der Waals surface area contributed by atoms with E-state index in [2.05, 4.69) is 18.3 Å². The second kappa shape index (κ2) is 10.5. The SMILES string of the molecule is CCCCNCc1ccc(OCc2ccccc2)c(Cl)c1.Cl. The van der Waals surface area contributed by atoms with Crippen molar-refractivity contribution in [1.82, 2.24) is 5.32 Å². The highest BCUT2D eigenvalue weighted by molar-refractivity contribution is 6.32. The summed E-state index contributed by atoms with van der Waals surface area (Å²) in [5.41, 5.74) is 2.32. The summed E-state index contributed by atoms with van der Waals surface area (Å²) in [6, 6.07) is 16.1. The van der Waals surface area contributed by atoms with Gasteiger partial charge in [0.2, 0.25) is 0 Å². The van der Waals surface area contributed by atoms with Gasteiger partial charge in [0.1, 0.15) is 12.4 Å². The van der Waals surface area contributed by atoms with Crippen LogP contribution in [0.3, 0.4) is 0 Å². The van der Waals surface area contributed by atoms with Gasteiger partial charge in [-0.1, -0.05) is 61.3 Å². The van der Waals surface area contributed by atoms with Crippen LogP contribution in [0.1, 0.15) is 30.9 Å². The molecule has 0 aromatic heterocycles. The first-order valence-electron chi connectivity index (χ1n) is 7.45. The number of hydrogen-bond acceptors (Lipinski definition) is 2. The minimum atomic E-state index is 0. The number of nitrogens with one attached hydrogen (secondary N) is 1. The third-order valence-corrected chi connectivity index (χ3v) is 3.57. The highest BCUT2D eigenvalue weighted by atomic mass is 35.5. The summed E-state index contributed by atoms with van der Waals surface area (Å²) in [5, 5.41) is 4.08. The van der Waals surface area contributed by atoms with Crippen LogP contribution in [0.15, 0.2) is 48.5 Å². The Morgan fingerprint density at radius 2 is 1.82 bits per heavy atom. The van der Waals surface area contributed by atoms with Crippen LogP contribution in [0, 0.1) is 0 Å². The van der Waals surface area contributed by atoms with Gasteiger partial charge in [-0.25, -0.2) is 0 Å². The molecule has 0 aliphatic rings. The standard InChI is InChI=1S/C18H22ClNO.ClH/c1-2-3-11-20-13-16-9-10-18(17(19)12-16)21-14-15-7-5-4-6-8-15;/h4-10,12,20H,2-3,11,13-14H2,1H3;1H. The van der Waals surface area contributed by atoms with E-state index in [1.165, 1.54) is 18.4 Å². The third-order valence-electron chi connectivity index (χ3n) is 3.27. The molecule has 0 fully saturated rings. The van der Waals surface area contributed by atoms with Crippen molar-refractivity contribution < 1.29 is 4.74 Å². The Morgan fingerprint density at radius 1 is 1.05 bits per heavy atom. The summed E-state index contributed by atoms with van der Waals surface area (Å²) < 4.78 is 5.77. The lowest BCUT2D eigenvalue weighted by Gasteiger charge is -2.10. The topological polar surface area (TPSA) is 21.3 Å². The van der Waals surface area contributed by atoms with Crippen molar-refractivity contribution in [3.63, 3.8) is 0 Å². The van der Waals surface area contributed by atoms with Crippen LogP contribution in [0.25, 0.3) is 0 Å². The van der Waals surface area contributed by atoms with Gasteiger partial charge in [0.25, 0.3) is 0 Å². The number of unbranched alkanes of at least 4 members (excludes halogenated alkanes) is 1. The summed E-state index contributed by atoms with van der Waals surface area (Å²) in [6.45, 7) is 4.62. The first-order valence-corrected chi connectivity index (χ1v) is 7.83. The van der Waals surface area contributed by atoms with Crippen molar-refractivity contribution in [2.75, 3.05) is 6.54 Å². The first-order chi connectivity index (χ1) is 10.3. The Kier molecular flexibility index (Phi) is 8.98. The van der Waals surface area contributed by atoms with Gasteiger partial charge >= 0.3 is 0 Å². The van der Waals surface area contributed by atoms with E-state index < -0.39 is 0 Å². The van der Waals surface area contributed by atoms with E-state index in [1.807, 2.05) is 42.5 Å². The molecule has 0 radical (unpaired) electrons. The fraction of sp³-hybridized carbons (Fsp3) is 0.333. The lowest BCUT2D eigenvalue weighted by Crippen LogP contribution is -2.14. The van der Waals surface area contributed by atoms with E-state index in [0.29, 0.717) is 11.6 Å². The number of halogens is 2. The number of ether oxygens (including phenoxy) is 1. The predicted octanol–water partition coefficient (Wildman–Crippen LogP) is 5.23. The van der Waals surface area contributed by atoms with E-state index >= 15 is 0 Å². The molecule has 0 amide bonds. The molecule has 2 rings (SSSR count). The van der Waals surface area contributed by atoms with Crippen molar-refractivity contribution in [1.29, 1.82) is 0 Å². The van der Waals surface area contributed by atoms with Crippen LogP contribution in [0.2, 0.25) is 5.02 Å². The molecule has 0 heterocycles. The number of rotatable bonds is 8. The summed E-state index contributed by atoms with van der Waals surface area (Å²) in [7, 11) is 0. The second-order valence-electron chi connectivity index (χ2n) is 5.07. The van der Waals surface area contributed by atoms with Crippen LogP contribution in [-0.2, 0) is 13.2 Å². The summed E-state index contributed by atoms with van der Waals surface area (Å²) in [6.07, 6.45) is 2.41. The second-order valence-corrected chi connectivity index (χ2v) is 5.48. The molecule has 0 unspecified atom stereocenters. The highest BCUT2D eigenvalue weighted by Gasteiger charge is 2.03. The molecule has 4 heteroatoms. The van der Waals surface area contributed by atoms with E-state index in [0.717, 1.165) is 24.4 Å². The van der Waals surface area contributed by atoms with E-state index in [9.17, 15) is 0 Å². The third kappa shape index (κ3) is 6.27. The zero-order valence-electron chi connectivity index (χ0n) is 12.8. The van der Waals surface area contributed by atoms with Gasteiger partial charge in [-0.2, -0.15) is 0 Å². The van der Waals surface area contributed by atoms with Gasteiger partial charge in [-0.05, 0) is 36.2 Å². The van der Waals surface area contributed by atoms with E-state index in [-0.39, 0.29) is 12.4 Å². The molecule has 0 saturated heterocycles. The van der Waals surface area contributed by atoms with Gasteiger partial charge < -0.3 is 10.1 Å². The summed E-state index contributed by atoms with van der Waals surface area (Å²) in [4.78, 5) is 0. The minimum absolute atomic E-state index is 0. The van der Waals surface area contributed by atoms with Gasteiger partial charge in [-0.3, -0.25) is 0 Å². The maximum absolute atomic E-state index is 6.28. The van der Waals surface area contributed by atoms with E-state index in [1.54, 1.807) is 0 Å². The van der Waals surface area contributed by atoms with Gasteiger partial charge in [-0.15, -0.1) is 12.4 Å². The van der Waals surface area contributed by atoms with Crippen LogP contribution in [-0.4, -0.2) is 6.54 Å². The molecule has 0 bridgehead atoms. The lowest BCUT2D eigenvalue weighted by molar-refractivity contribution is 0.306. The largest absolute Gasteiger partial charge is 0.487 e. The lowest BCUT2D eigenvalue weighted by atomic mass is 10.2. The van der Waals surface area contributed by atoms with Crippen molar-refractivity contribution >= 4 is 24.0 Å². The molecule has 0 atom stereocenters. The Hall–Kier alpha value is -1.22. The average Bonchev–Trinajstić information content (AvgIpc) is 2.52. The quantitative estimate of drug-likeness (QED) is 0.664. The molecule has 0 aliphatic heterocycles. The zero-order chi connectivity index (χ0) is 14.9. The molecular formula is C18H23Cl2NO. The summed E-state index contributed by atoms with van der Waals surface area (Å²) in [5.74, 6) is 0.734. The fourth-order valence-electron chi connectivity index (χ4n) is 2.04. The number of hydrogen-bond donors (Lipinski definition) is 1. The van der Waals surface area contributed by atoms with E-state index in [4.69, 9.17) is 16.3 Å². The molecule has 0 aliphatic carbocycles. The maximum Gasteiger partial charge on any atom is 0.138 e. The van der Waals surface area contributed by atoms with Crippen molar-refractivity contribution in [2.24, 2.45) is 0 Å². The Balaban J connectivity index is 0.00000242. The molecule has 0 saturated carbocycles. The molecule has 2 nitrogen and oxygen atoms in total. The molecule has 1 N–H and O–H groups in total. The van der Waals surface area contributed by atoms with Crippen molar-refractivity contribution in [3.8, 4) is 5.75 Å². The molecule has 2 aromatic rings. The van der Waals surface area contributed by atoms with Crippen LogP contribution in [0.5, 0.6) is 5.75 Å². The Labute approximate surface area is 144 Å². The highest BCUT2D eigenvalue weighted by Crippen LogP contribution is 2.26. The molecular weight excluding hydrogens is 317 g/mol. The van der Waals surface area contributed by atoms with Crippen LogP contribution < -0.4 is 10.1 Å². The maximum atomic E-state index is 6.28. The average molecular weight is 340 g/mol. The van der Waals surface area contributed by atoms with Gasteiger partial charge in [0.05, 0.1) is 5.02 Å². The first kappa shape index (κ1) is 18.8. The predicted molar refractivity (Wildman–Crippen MR) is 96.1 cm³/mol. The molecule has 2 aromatic carbocycles. The molecule has 120 valence electrons. The smallest absolute Gasteiger partial charge is 0.138 e. The monoisotopic (exact) mass is 339 g/mol. The minimum Gasteiger partial charge on any atom is -0.487 e. The Bertz CT molecular complexity index is 546. The van der Waals surface area contributed by atoms with Crippen molar-refractivity contribution in [3.05, 3.63) is 64.7 Å². The van der Waals surface area contributed by atoms with Crippen LogP contribution >= 0.6 is 24.0 Å². The van der Waals surface area contributed by atoms with Gasteiger partial charge in [0, 0.05) is 6.54 Å². The molecule has 22 heavy (non-hydrogen) atoms. The zero-order valence-corrected chi connectivity index (χ0v) is 14.4. The normalized spacial score (nSPS) is 10.1. The molecule has 0 spiro atoms. The number of benzene rings is 2. The van der Waals surface area contributed by atoms with Crippen LogP contribution in [0.4, 0.5) is 0 Å².